The summed E-state index contributed by atoms with van der Waals surface area (Å²) in [5, 5.41) is 17.5. The maximum Gasteiger partial charge on any atom is 0.416 e. The monoisotopic (exact) mass is 478 g/mol. The fourth-order valence-electron chi connectivity index (χ4n) is 4.29. The first-order chi connectivity index (χ1) is 16.1. The Balaban J connectivity index is 1.15. The molecule has 0 radical (unpaired) electrons. The summed E-state index contributed by atoms with van der Waals surface area (Å²) < 4.78 is 51.8. The summed E-state index contributed by atoms with van der Waals surface area (Å²) in [6, 6.07) is 5.16. The molecule has 2 aliphatic rings. The summed E-state index contributed by atoms with van der Waals surface area (Å²) in [7, 11) is 0. The van der Waals surface area contributed by atoms with Crippen LogP contribution in [-0.4, -0.2) is 68.9 Å². The van der Waals surface area contributed by atoms with Crippen LogP contribution in [0.4, 0.5) is 19.0 Å². The molecule has 1 aromatic carbocycles. The SMILES string of the molecule is CC1(CN2CCN(/N=C/c3cc4cc(C(F)(F)F)ccc4o3)CC2)Cn2cc([N+](=O)[O-])nc2O1. The van der Waals surface area contributed by atoms with Gasteiger partial charge in [0.2, 0.25) is 0 Å². The quantitative estimate of drug-likeness (QED) is 0.315. The molecule has 13 heteroatoms. The van der Waals surface area contributed by atoms with Gasteiger partial charge in [-0.15, -0.1) is 0 Å². The van der Waals surface area contributed by atoms with E-state index in [1.165, 1.54) is 24.5 Å². The highest BCUT2D eigenvalue weighted by atomic mass is 19.4. The lowest BCUT2D eigenvalue weighted by Gasteiger charge is -2.36. The van der Waals surface area contributed by atoms with Crippen molar-refractivity contribution in [2.45, 2.75) is 25.2 Å². The van der Waals surface area contributed by atoms with Crippen molar-refractivity contribution in [3.63, 3.8) is 0 Å². The van der Waals surface area contributed by atoms with Gasteiger partial charge in [0.1, 0.15) is 23.1 Å². The lowest BCUT2D eigenvalue weighted by Crippen LogP contribution is -2.51. The maximum absolute atomic E-state index is 12.9. The van der Waals surface area contributed by atoms with Crippen molar-refractivity contribution >= 4 is 23.0 Å². The summed E-state index contributed by atoms with van der Waals surface area (Å²) in [6.07, 6.45) is -1.51. The fourth-order valence-corrected chi connectivity index (χ4v) is 4.29. The Morgan fingerprint density at radius 1 is 1.26 bits per heavy atom. The molecule has 1 unspecified atom stereocenters. The van der Waals surface area contributed by atoms with Crippen molar-refractivity contribution < 1.29 is 27.2 Å². The third-order valence-electron chi connectivity index (χ3n) is 5.87. The van der Waals surface area contributed by atoms with Gasteiger partial charge in [-0.1, -0.05) is 0 Å². The normalized spacial score (nSPS) is 21.4. The molecule has 0 N–H and O–H groups in total. The van der Waals surface area contributed by atoms with E-state index >= 15 is 0 Å². The molecule has 4 heterocycles. The number of hydrazone groups is 1. The number of furan rings is 1. The van der Waals surface area contributed by atoms with Crippen molar-refractivity contribution in [3.05, 3.63) is 51.9 Å². The molecule has 0 spiro atoms. The van der Waals surface area contributed by atoms with E-state index in [2.05, 4.69) is 15.0 Å². The molecule has 0 saturated carbocycles. The van der Waals surface area contributed by atoms with Gasteiger partial charge in [0.25, 0.3) is 0 Å². The molecular formula is C21H21F3N6O4. The van der Waals surface area contributed by atoms with Gasteiger partial charge in [-0.25, -0.2) is 0 Å². The summed E-state index contributed by atoms with van der Waals surface area (Å²) in [5.74, 6) is 0.154. The molecule has 1 atom stereocenters. The Morgan fingerprint density at radius 3 is 2.71 bits per heavy atom. The number of halogens is 3. The number of fused-ring (bicyclic) bond motifs is 2. The predicted molar refractivity (Wildman–Crippen MR) is 115 cm³/mol. The van der Waals surface area contributed by atoms with E-state index < -0.39 is 22.3 Å². The van der Waals surface area contributed by atoms with Gasteiger partial charge in [-0.3, -0.25) is 14.5 Å². The number of nitrogens with zero attached hydrogens (tertiary/aromatic N) is 6. The van der Waals surface area contributed by atoms with Crippen LogP contribution in [0.25, 0.3) is 11.0 Å². The van der Waals surface area contributed by atoms with Crippen LogP contribution in [0.5, 0.6) is 6.01 Å². The second kappa shape index (κ2) is 8.01. The third-order valence-corrected chi connectivity index (χ3v) is 5.87. The number of alkyl halides is 3. The minimum Gasteiger partial charge on any atom is -0.455 e. The zero-order chi connectivity index (χ0) is 24.1. The summed E-state index contributed by atoms with van der Waals surface area (Å²) in [4.78, 5) is 16.4. The maximum atomic E-state index is 12.9. The molecule has 0 amide bonds. The van der Waals surface area contributed by atoms with E-state index in [4.69, 9.17) is 9.15 Å². The molecule has 1 fully saturated rings. The fraction of sp³-hybridized carbons (Fsp3) is 0.429. The molecule has 1 saturated heterocycles. The molecule has 0 bridgehead atoms. The van der Waals surface area contributed by atoms with E-state index in [0.717, 1.165) is 25.2 Å². The number of hydrogen-bond acceptors (Lipinski definition) is 8. The largest absolute Gasteiger partial charge is 0.455 e. The van der Waals surface area contributed by atoms with Crippen molar-refractivity contribution in [1.82, 2.24) is 19.5 Å². The first-order valence-corrected chi connectivity index (χ1v) is 10.6. The number of rotatable bonds is 5. The van der Waals surface area contributed by atoms with Crippen LogP contribution in [0.15, 0.2) is 40.0 Å². The molecule has 5 rings (SSSR count). The lowest BCUT2D eigenvalue weighted by atomic mass is 10.1. The number of aromatic nitrogens is 2. The number of ether oxygens (including phenoxy) is 1. The molecule has 180 valence electrons. The first-order valence-electron chi connectivity index (χ1n) is 10.6. The molecule has 2 aromatic heterocycles. The Labute approximate surface area is 191 Å². The van der Waals surface area contributed by atoms with E-state index in [1.54, 1.807) is 4.57 Å². The summed E-state index contributed by atoms with van der Waals surface area (Å²) in [5.41, 5.74) is -0.886. The minimum atomic E-state index is -4.40. The average molecular weight is 478 g/mol. The number of benzene rings is 1. The number of nitro groups is 1. The van der Waals surface area contributed by atoms with E-state index in [9.17, 15) is 23.3 Å². The van der Waals surface area contributed by atoms with Crippen LogP contribution >= 0.6 is 0 Å². The Hall–Kier alpha value is -3.61. The highest BCUT2D eigenvalue weighted by Gasteiger charge is 2.41. The molecule has 34 heavy (non-hydrogen) atoms. The van der Waals surface area contributed by atoms with E-state index in [-0.39, 0.29) is 11.8 Å². The lowest BCUT2D eigenvalue weighted by molar-refractivity contribution is -0.389. The Kier molecular flexibility index (Phi) is 5.23. The summed E-state index contributed by atoms with van der Waals surface area (Å²) in [6.45, 7) is 5.82. The molecular weight excluding hydrogens is 457 g/mol. The zero-order valence-electron chi connectivity index (χ0n) is 18.2. The average Bonchev–Trinajstić information content (AvgIpc) is 3.43. The standard InChI is InChI=1S/C21H21F3N6O4/c1-20(13-28-11-18(30(31)32)26-19(28)34-20)12-27-4-6-29(7-5-27)25-10-16-9-14-8-15(21(22,23)24)2-3-17(14)33-16/h2-3,8-11H,4-7,12-13H2,1H3/b25-10+. The van der Waals surface area contributed by atoms with Crippen molar-refractivity contribution in [2.75, 3.05) is 32.7 Å². The van der Waals surface area contributed by atoms with Gasteiger partial charge in [0, 0.05) is 43.1 Å². The first kappa shape index (κ1) is 22.2. The van der Waals surface area contributed by atoms with Crippen LogP contribution in [0, 0.1) is 10.1 Å². The topological polar surface area (TPSA) is 102 Å². The minimum absolute atomic E-state index is 0.228. The van der Waals surface area contributed by atoms with E-state index in [0.29, 0.717) is 42.9 Å². The number of imidazole rings is 1. The van der Waals surface area contributed by atoms with Crippen molar-refractivity contribution in [3.8, 4) is 6.01 Å². The zero-order valence-corrected chi connectivity index (χ0v) is 18.2. The van der Waals surface area contributed by atoms with Crippen LogP contribution in [-0.2, 0) is 12.7 Å². The van der Waals surface area contributed by atoms with Crippen LogP contribution in [0.3, 0.4) is 0 Å². The Morgan fingerprint density at radius 2 is 2.03 bits per heavy atom. The second-order valence-corrected chi connectivity index (χ2v) is 8.69. The molecule has 3 aromatic rings. The number of piperazine rings is 1. The van der Waals surface area contributed by atoms with Crippen molar-refractivity contribution in [2.24, 2.45) is 5.10 Å². The van der Waals surface area contributed by atoms with Crippen molar-refractivity contribution in [1.29, 1.82) is 0 Å². The van der Waals surface area contributed by atoms with Gasteiger partial charge in [0.05, 0.1) is 18.3 Å². The predicted octanol–water partition coefficient (Wildman–Crippen LogP) is 3.36. The van der Waals surface area contributed by atoms with Gasteiger partial charge < -0.3 is 19.3 Å². The number of hydrogen-bond donors (Lipinski definition) is 0. The van der Waals surface area contributed by atoms with Crippen LogP contribution in [0.2, 0.25) is 0 Å². The summed E-state index contributed by atoms with van der Waals surface area (Å²) >= 11 is 0. The highest BCUT2D eigenvalue weighted by Crippen LogP contribution is 2.33. The smallest absolute Gasteiger partial charge is 0.416 e. The highest BCUT2D eigenvalue weighted by molar-refractivity contribution is 5.87. The van der Waals surface area contributed by atoms with Gasteiger partial charge >= 0.3 is 18.0 Å². The van der Waals surface area contributed by atoms with Crippen LogP contribution < -0.4 is 4.74 Å². The van der Waals surface area contributed by atoms with Crippen LogP contribution in [0.1, 0.15) is 18.2 Å². The Bertz CT molecular complexity index is 1240. The molecule has 10 nitrogen and oxygen atoms in total. The van der Waals surface area contributed by atoms with Gasteiger partial charge in [-0.05, 0) is 36.1 Å². The molecule has 0 aliphatic carbocycles. The second-order valence-electron chi connectivity index (χ2n) is 8.69. The van der Waals surface area contributed by atoms with Gasteiger partial charge in [0.15, 0.2) is 0 Å². The van der Waals surface area contributed by atoms with Gasteiger partial charge in [-0.2, -0.15) is 18.3 Å². The van der Waals surface area contributed by atoms with E-state index in [1.807, 2.05) is 11.9 Å². The molecule has 2 aliphatic heterocycles. The third kappa shape index (κ3) is 4.42.